The van der Waals surface area contributed by atoms with Crippen molar-refractivity contribution in [2.75, 3.05) is 13.7 Å². The molecule has 3 rings (SSSR count). The molecule has 128 valence electrons. The van der Waals surface area contributed by atoms with Gasteiger partial charge in [0.1, 0.15) is 17.8 Å². The van der Waals surface area contributed by atoms with E-state index in [4.69, 9.17) is 4.74 Å². The van der Waals surface area contributed by atoms with Gasteiger partial charge in [-0.3, -0.25) is 19.4 Å². The van der Waals surface area contributed by atoms with Crippen LogP contribution in [-0.2, 0) is 16.0 Å². The first-order chi connectivity index (χ1) is 11.5. The Labute approximate surface area is 139 Å². The minimum atomic E-state index is -1.20. The minimum absolute atomic E-state index is 0.235. The van der Waals surface area contributed by atoms with Gasteiger partial charge < -0.3 is 9.84 Å². The summed E-state index contributed by atoms with van der Waals surface area (Å²) in [5.41, 5.74) is 0.909. The molecule has 2 bridgehead atoms. The van der Waals surface area contributed by atoms with Crippen molar-refractivity contribution in [3.8, 4) is 5.75 Å². The normalized spacial score (nSPS) is 23.4. The molecule has 2 aliphatic rings. The Balaban J connectivity index is 1.78. The number of likely N-dealkylation sites (tertiary alicyclic amines) is 1. The molecular weight excluding hydrogens is 312 g/mol. The number of methoxy groups -OCH3 is 1. The average molecular weight is 332 g/mol. The van der Waals surface area contributed by atoms with Gasteiger partial charge in [-0.05, 0) is 37.3 Å². The number of piperidine rings is 1. The van der Waals surface area contributed by atoms with Gasteiger partial charge in [0.05, 0.1) is 7.11 Å². The summed E-state index contributed by atoms with van der Waals surface area (Å²) in [6, 6.07) is 5.97. The lowest BCUT2D eigenvalue weighted by atomic mass is 9.90. The van der Waals surface area contributed by atoms with Gasteiger partial charge in [0.25, 0.3) is 11.8 Å². The number of carboxylic acid groups (broad SMARTS) is 1. The van der Waals surface area contributed by atoms with Gasteiger partial charge in [-0.2, -0.15) is 0 Å². The molecule has 2 fully saturated rings. The smallest absolute Gasteiger partial charge is 0.408 e. The van der Waals surface area contributed by atoms with Gasteiger partial charge in [-0.25, -0.2) is 4.79 Å². The maximum absolute atomic E-state index is 12.6. The Morgan fingerprint density at radius 3 is 2.42 bits per heavy atom. The van der Waals surface area contributed by atoms with Crippen LogP contribution >= 0.6 is 0 Å². The summed E-state index contributed by atoms with van der Waals surface area (Å²) in [5.74, 6) is -0.108. The van der Waals surface area contributed by atoms with Crippen molar-refractivity contribution < 1.29 is 24.2 Å². The number of nitrogens with zero attached hydrogens (tertiary/aromatic N) is 2. The van der Waals surface area contributed by atoms with E-state index in [1.165, 1.54) is 4.90 Å². The Morgan fingerprint density at radius 1 is 1.21 bits per heavy atom. The molecule has 0 radical (unpaired) electrons. The monoisotopic (exact) mass is 332 g/mol. The highest BCUT2D eigenvalue weighted by Gasteiger charge is 2.50. The summed E-state index contributed by atoms with van der Waals surface area (Å²) in [5, 5.41) is 9.33. The van der Waals surface area contributed by atoms with Gasteiger partial charge in [0, 0.05) is 6.54 Å². The van der Waals surface area contributed by atoms with E-state index in [0.29, 0.717) is 31.4 Å². The van der Waals surface area contributed by atoms with E-state index >= 15 is 0 Å². The van der Waals surface area contributed by atoms with E-state index in [0.717, 1.165) is 10.5 Å². The van der Waals surface area contributed by atoms with E-state index in [1.54, 1.807) is 7.11 Å². The van der Waals surface area contributed by atoms with Crippen molar-refractivity contribution in [3.05, 3.63) is 29.8 Å². The summed E-state index contributed by atoms with van der Waals surface area (Å²) in [6.45, 7) is 0.235. The molecule has 2 saturated heterocycles. The fraction of sp³-hybridized carbons (Fsp3) is 0.471. The number of benzene rings is 1. The third kappa shape index (κ3) is 2.70. The van der Waals surface area contributed by atoms with Crippen LogP contribution in [0.15, 0.2) is 24.3 Å². The number of amides is 3. The van der Waals surface area contributed by atoms with E-state index < -0.39 is 30.0 Å². The summed E-state index contributed by atoms with van der Waals surface area (Å²) in [6.07, 6.45) is 0.918. The van der Waals surface area contributed by atoms with Crippen LogP contribution in [0.5, 0.6) is 5.75 Å². The number of hydrogen-bond acceptors (Lipinski definition) is 4. The van der Waals surface area contributed by atoms with E-state index in [1.807, 2.05) is 24.3 Å². The van der Waals surface area contributed by atoms with Crippen LogP contribution in [0.25, 0.3) is 0 Å². The van der Waals surface area contributed by atoms with E-state index in [9.17, 15) is 19.5 Å². The fourth-order valence-corrected chi connectivity index (χ4v) is 3.58. The molecule has 7 nitrogen and oxygen atoms in total. The summed E-state index contributed by atoms with van der Waals surface area (Å²) in [7, 11) is 1.57. The number of para-hydroxylation sites is 1. The molecular formula is C17H20N2O5. The highest BCUT2D eigenvalue weighted by Crippen LogP contribution is 2.31. The number of carbonyl (C=O) groups is 3. The Morgan fingerprint density at radius 2 is 1.83 bits per heavy atom. The van der Waals surface area contributed by atoms with Crippen LogP contribution in [0.2, 0.25) is 0 Å². The quantitative estimate of drug-likeness (QED) is 0.845. The number of piperazine rings is 1. The largest absolute Gasteiger partial charge is 0.496 e. The lowest BCUT2D eigenvalue weighted by Gasteiger charge is -2.46. The molecule has 3 amide bonds. The molecule has 0 aliphatic carbocycles. The maximum Gasteiger partial charge on any atom is 0.408 e. The zero-order valence-corrected chi connectivity index (χ0v) is 13.5. The lowest BCUT2D eigenvalue weighted by Crippen LogP contribution is -2.67. The molecule has 1 aromatic rings. The Kier molecular flexibility index (Phi) is 4.42. The molecule has 2 atom stereocenters. The summed E-state index contributed by atoms with van der Waals surface area (Å²) < 4.78 is 5.29. The van der Waals surface area contributed by atoms with Crippen LogP contribution in [0.1, 0.15) is 24.8 Å². The van der Waals surface area contributed by atoms with Gasteiger partial charge in [0.15, 0.2) is 0 Å². The van der Waals surface area contributed by atoms with Gasteiger partial charge in [0.2, 0.25) is 0 Å². The van der Waals surface area contributed by atoms with Crippen LogP contribution in [-0.4, -0.2) is 58.6 Å². The van der Waals surface area contributed by atoms with E-state index in [2.05, 4.69) is 0 Å². The van der Waals surface area contributed by atoms with Crippen molar-refractivity contribution >= 4 is 17.9 Å². The Hall–Kier alpha value is -2.57. The molecule has 24 heavy (non-hydrogen) atoms. The molecule has 2 heterocycles. The number of carbonyl (C=O) groups excluding carboxylic acids is 2. The molecule has 0 aromatic heterocycles. The van der Waals surface area contributed by atoms with Gasteiger partial charge in [-0.1, -0.05) is 18.2 Å². The third-order valence-corrected chi connectivity index (χ3v) is 4.75. The summed E-state index contributed by atoms with van der Waals surface area (Å²) in [4.78, 5) is 38.9. The predicted molar refractivity (Wildman–Crippen MR) is 84.7 cm³/mol. The Bertz CT molecular complexity index is 651. The van der Waals surface area contributed by atoms with Crippen LogP contribution in [0, 0.1) is 0 Å². The second kappa shape index (κ2) is 6.51. The number of imide groups is 1. The average Bonchev–Trinajstić information content (AvgIpc) is 2.60. The molecule has 2 unspecified atom stereocenters. The van der Waals surface area contributed by atoms with Crippen molar-refractivity contribution in [3.63, 3.8) is 0 Å². The first kappa shape index (κ1) is 16.3. The van der Waals surface area contributed by atoms with Gasteiger partial charge >= 0.3 is 6.09 Å². The zero-order chi connectivity index (χ0) is 17.3. The molecule has 0 spiro atoms. The highest BCUT2D eigenvalue weighted by molar-refractivity contribution is 6.05. The first-order valence-corrected chi connectivity index (χ1v) is 8.03. The van der Waals surface area contributed by atoms with Crippen molar-refractivity contribution in [2.45, 2.75) is 37.8 Å². The summed E-state index contributed by atoms with van der Waals surface area (Å²) >= 11 is 0. The van der Waals surface area contributed by atoms with Crippen molar-refractivity contribution in [1.29, 1.82) is 0 Å². The first-order valence-electron chi connectivity index (χ1n) is 8.03. The van der Waals surface area contributed by atoms with Crippen LogP contribution < -0.4 is 4.74 Å². The molecule has 7 heteroatoms. The number of ether oxygens (including phenoxy) is 1. The molecule has 0 saturated carbocycles. The van der Waals surface area contributed by atoms with Crippen molar-refractivity contribution in [1.82, 2.24) is 9.80 Å². The minimum Gasteiger partial charge on any atom is -0.496 e. The van der Waals surface area contributed by atoms with Gasteiger partial charge in [-0.15, -0.1) is 0 Å². The third-order valence-electron chi connectivity index (χ3n) is 4.75. The standard InChI is InChI=1S/C17H20N2O5/c1-24-14-8-3-2-5-11(14)9-10-18-15(20)12-6-4-7-13(16(18)21)19(12)17(22)23/h2-3,5,8,12-13H,4,6-7,9-10H2,1H3,(H,22,23). The molecule has 1 aromatic carbocycles. The van der Waals surface area contributed by atoms with Crippen LogP contribution in [0.4, 0.5) is 4.79 Å². The van der Waals surface area contributed by atoms with E-state index in [-0.39, 0.29) is 6.54 Å². The molecule has 1 N–H and O–H groups in total. The predicted octanol–water partition coefficient (Wildman–Crippen LogP) is 1.51. The number of rotatable bonds is 4. The molecule has 2 aliphatic heterocycles. The zero-order valence-electron chi connectivity index (χ0n) is 13.5. The highest BCUT2D eigenvalue weighted by atomic mass is 16.5. The maximum atomic E-state index is 12.6. The number of fused-ring (bicyclic) bond motifs is 2. The second-order valence-electron chi connectivity index (χ2n) is 6.04. The SMILES string of the molecule is COc1ccccc1CCN1C(=O)C2CCCC(C1=O)N2C(=O)O. The number of hydrogen-bond donors (Lipinski definition) is 1. The fourth-order valence-electron chi connectivity index (χ4n) is 3.58. The van der Waals surface area contributed by atoms with Crippen LogP contribution in [0.3, 0.4) is 0 Å². The van der Waals surface area contributed by atoms with Crippen molar-refractivity contribution in [2.24, 2.45) is 0 Å². The second-order valence-corrected chi connectivity index (χ2v) is 6.04. The topological polar surface area (TPSA) is 87.2 Å². The lowest BCUT2D eigenvalue weighted by molar-refractivity contribution is -0.161.